The van der Waals surface area contributed by atoms with Crippen LogP contribution in [0, 0.1) is 0 Å². The lowest BCUT2D eigenvalue weighted by atomic mass is 10.1. The lowest BCUT2D eigenvalue weighted by Gasteiger charge is -2.23. The summed E-state index contributed by atoms with van der Waals surface area (Å²) in [5.41, 5.74) is 1.42. The summed E-state index contributed by atoms with van der Waals surface area (Å²) in [6.45, 7) is 1.56. The predicted octanol–water partition coefficient (Wildman–Crippen LogP) is 3.74. The van der Waals surface area contributed by atoms with Gasteiger partial charge in [0.1, 0.15) is 5.75 Å². The van der Waals surface area contributed by atoms with E-state index in [4.69, 9.17) is 16.3 Å². The largest absolute Gasteiger partial charge is 0.495 e. The molecule has 0 aliphatic heterocycles. The van der Waals surface area contributed by atoms with Crippen LogP contribution in [0.4, 0.5) is 11.4 Å². The molecule has 0 aliphatic carbocycles. The topological polar surface area (TPSA) is 92.8 Å². The van der Waals surface area contributed by atoms with Crippen molar-refractivity contribution in [1.29, 1.82) is 0 Å². The molecule has 1 amide bonds. The fraction of sp³-hybridized carbons (Fsp3) is 0.300. The molecule has 0 saturated heterocycles. The molecule has 0 radical (unpaired) electrons. The number of hydrogen-bond donors (Lipinski definition) is 1. The first-order chi connectivity index (χ1) is 13.6. The van der Waals surface area contributed by atoms with Crippen molar-refractivity contribution >= 4 is 44.7 Å². The number of anilines is 2. The van der Waals surface area contributed by atoms with Crippen LogP contribution in [0.15, 0.2) is 42.5 Å². The molecule has 0 heterocycles. The number of ketones is 1. The lowest BCUT2D eigenvalue weighted by molar-refractivity contribution is -0.116. The Morgan fingerprint density at radius 1 is 1.17 bits per heavy atom. The summed E-state index contributed by atoms with van der Waals surface area (Å²) in [6, 6.07) is 11.3. The standard InChI is InChI=1S/C20H23ClN2O5S/c1-14(24)15-6-4-7-16(12-15)22-20(25)8-5-11-23(29(3,26)27)17-9-10-19(28-2)18(21)13-17/h4,6-7,9-10,12-13H,5,8,11H2,1-3H3,(H,22,25). The fourth-order valence-corrected chi connectivity index (χ4v) is 3.93. The SMILES string of the molecule is COc1ccc(N(CCCC(=O)Nc2cccc(C(C)=O)c2)S(C)(=O)=O)cc1Cl. The van der Waals surface area contributed by atoms with Crippen molar-refractivity contribution in [2.24, 2.45) is 0 Å². The van der Waals surface area contributed by atoms with Gasteiger partial charge in [-0.1, -0.05) is 23.7 Å². The molecular weight excluding hydrogens is 416 g/mol. The van der Waals surface area contributed by atoms with E-state index < -0.39 is 10.0 Å². The van der Waals surface area contributed by atoms with Gasteiger partial charge in [-0.2, -0.15) is 0 Å². The highest BCUT2D eigenvalue weighted by Crippen LogP contribution is 2.30. The molecule has 0 unspecified atom stereocenters. The molecule has 0 atom stereocenters. The highest BCUT2D eigenvalue weighted by atomic mass is 35.5. The molecule has 2 rings (SSSR count). The summed E-state index contributed by atoms with van der Waals surface area (Å²) in [5.74, 6) is 0.0750. The summed E-state index contributed by atoms with van der Waals surface area (Å²) in [5, 5.41) is 3.01. The Morgan fingerprint density at radius 3 is 2.48 bits per heavy atom. The minimum absolute atomic E-state index is 0.0944. The Bertz CT molecular complexity index is 1010. The van der Waals surface area contributed by atoms with Crippen molar-refractivity contribution in [2.75, 3.05) is 29.5 Å². The molecule has 0 fully saturated rings. The molecule has 9 heteroatoms. The van der Waals surface area contributed by atoms with E-state index in [0.717, 1.165) is 6.26 Å². The fourth-order valence-electron chi connectivity index (χ4n) is 2.72. The Hall–Kier alpha value is -2.58. The normalized spacial score (nSPS) is 11.0. The summed E-state index contributed by atoms with van der Waals surface area (Å²) in [4.78, 5) is 23.6. The average molecular weight is 439 g/mol. The summed E-state index contributed by atoms with van der Waals surface area (Å²) < 4.78 is 30.6. The number of ether oxygens (including phenoxy) is 1. The number of nitrogens with one attached hydrogen (secondary N) is 1. The Morgan fingerprint density at radius 2 is 1.90 bits per heavy atom. The minimum Gasteiger partial charge on any atom is -0.495 e. The molecule has 0 saturated carbocycles. The van der Waals surface area contributed by atoms with Crippen LogP contribution in [0.2, 0.25) is 5.02 Å². The van der Waals surface area contributed by atoms with Crippen molar-refractivity contribution in [3.05, 3.63) is 53.1 Å². The van der Waals surface area contributed by atoms with E-state index in [9.17, 15) is 18.0 Å². The third-order valence-electron chi connectivity index (χ3n) is 4.14. The minimum atomic E-state index is -3.56. The summed E-state index contributed by atoms with van der Waals surface area (Å²) in [6.07, 6.45) is 1.51. The van der Waals surface area contributed by atoms with Crippen LogP contribution < -0.4 is 14.4 Å². The second-order valence-corrected chi connectivity index (χ2v) is 8.76. The van der Waals surface area contributed by atoms with Crippen LogP contribution in [-0.2, 0) is 14.8 Å². The maximum atomic E-state index is 12.2. The lowest BCUT2D eigenvalue weighted by Crippen LogP contribution is -2.31. The van der Waals surface area contributed by atoms with Crippen LogP contribution in [0.3, 0.4) is 0 Å². The molecular formula is C20H23ClN2O5S. The molecule has 0 spiro atoms. The van der Waals surface area contributed by atoms with Gasteiger partial charge in [-0.15, -0.1) is 0 Å². The monoisotopic (exact) mass is 438 g/mol. The van der Waals surface area contributed by atoms with Gasteiger partial charge in [-0.25, -0.2) is 8.42 Å². The molecule has 156 valence electrons. The maximum absolute atomic E-state index is 12.2. The van der Waals surface area contributed by atoms with Gasteiger partial charge in [-0.05, 0) is 43.7 Å². The van der Waals surface area contributed by atoms with Gasteiger partial charge in [0.2, 0.25) is 15.9 Å². The summed E-state index contributed by atoms with van der Waals surface area (Å²) >= 11 is 6.10. The molecule has 0 aromatic heterocycles. The smallest absolute Gasteiger partial charge is 0.232 e. The number of rotatable bonds is 9. The number of carbonyl (C=O) groups excluding carboxylic acids is 2. The molecule has 2 aromatic carbocycles. The van der Waals surface area contributed by atoms with Gasteiger partial charge in [-0.3, -0.25) is 13.9 Å². The van der Waals surface area contributed by atoms with Crippen molar-refractivity contribution in [3.63, 3.8) is 0 Å². The van der Waals surface area contributed by atoms with E-state index in [1.54, 1.807) is 36.4 Å². The van der Waals surface area contributed by atoms with E-state index in [2.05, 4.69) is 5.32 Å². The van der Waals surface area contributed by atoms with Crippen molar-refractivity contribution in [3.8, 4) is 5.75 Å². The zero-order valence-electron chi connectivity index (χ0n) is 16.4. The number of amides is 1. The van der Waals surface area contributed by atoms with Crippen LogP contribution in [0.25, 0.3) is 0 Å². The quantitative estimate of drug-likeness (QED) is 0.602. The van der Waals surface area contributed by atoms with Gasteiger partial charge < -0.3 is 10.1 Å². The molecule has 7 nitrogen and oxygen atoms in total. The Kier molecular flexibility index (Phi) is 7.64. The van der Waals surface area contributed by atoms with E-state index in [1.807, 2.05) is 0 Å². The van der Waals surface area contributed by atoms with Gasteiger partial charge >= 0.3 is 0 Å². The number of Topliss-reactive ketones (excluding diaryl/α,β-unsaturated/α-hetero) is 1. The van der Waals surface area contributed by atoms with E-state index >= 15 is 0 Å². The molecule has 2 aromatic rings. The number of sulfonamides is 1. The van der Waals surface area contributed by atoms with E-state index in [1.165, 1.54) is 24.4 Å². The van der Waals surface area contributed by atoms with Gasteiger partial charge in [0, 0.05) is 24.2 Å². The molecule has 0 bridgehead atoms. The zero-order chi connectivity index (χ0) is 21.6. The second-order valence-electron chi connectivity index (χ2n) is 6.44. The average Bonchev–Trinajstić information content (AvgIpc) is 2.64. The Labute approximate surface area is 175 Å². The first-order valence-corrected chi connectivity index (χ1v) is 11.1. The number of hydrogen-bond acceptors (Lipinski definition) is 5. The van der Waals surface area contributed by atoms with E-state index in [-0.39, 0.29) is 24.7 Å². The van der Waals surface area contributed by atoms with Crippen LogP contribution >= 0.6 is 11.6 Å². The molecule has 1 N–H and O–H groups in total. The number of carbonyl (C=O) groups is 2. The molecule has 0 aliphatic rings. The number of methoxy groups -OCH3 is 1. The van der Waals surface area contributed by atoms with Gasteiger partial charge in [0.25, 0.3) is 0 Å². The number of halogens is 1. The number of benzene rings is 2. The van der Waals surface area contributed by atoms with Gasteiger partial charge in [0.15, 0.2) is 5.78 Å². The van der Waals surface area contributed by atoms with E-state index in [0.29, 0.717) is 34.1 Å². The van der Waals surface area contributed by atoms with Crippen molar-refractivity contribution in [1.82, 2.24) is 0 Å². The second kappa shape index (κ2) is 9.76. The van der Waals surface area contributed by atoms with Crippen LogP contribution in [0.1, 0.15) is 30.1 Å². The third kappa shape index (κ3) is 6.47. The molecule has 29 heavy (non-hydrogen) atoms. The first-order valence-electron chi connectivity index (χ1n) is 8.84. The highest BCUT2D eigenvalue weighted by Gasteiger charge is 2.19. The zero-order valence-corrected chi connectivity index (χ0v) is 18.0. The van der Waals surface area contributed by atoms with Crippen molar-refractivity contribution in [2.45, 2.75) is 19.8 Å². The maximum Gasteiger partial charge on any atom is 0.232 e. The van der Waals surface area contributed by atoms with Crippen LogP contribution in [-0.4, -0.2) is 40.0 Å². The highest BCUT2D eigenvalue weighted by molar-refractivity contribution is 7.92. The number of nitrogens with zero attached hydrogens (tertiary/aromatic N) is 1. The first kappa shape index (κ1) is 22.7. The van der Waals surface area contributed by atoms with Crippen LogP contribution in [0.5, 0.6) is 5.75 Å². The predicted molar refractivity (Wildman–Crippen MR) is 115 cm³/mol. The Balaban J connectivity index is 2.01. The van der Waals surface area contributed by atoms with Crippen molar-refractivity contribution < 1.29 is 22.7 Å². The third-order valence-corrected chi connectivity index (χ3v) is 5.63. The summed E-state index contributed by atoms with van der Waals surface area (Å²) in [7, 11) is -2.09. The van der Waals surface area contributed by atoms with Gasteiger partial charge in [0.05, 0.1) is 24.1 Å².